The Bertz CT molecular complexity index is 1090. The summed E-state index contributed by atoms with van der Waals surface area (Å²) >= 11 is 11.9. The van der Waals surface area contributed by atoms with Crippen LogP contribution in [0.3, 0.4) is 0 Å². The summed E-state index contributed by atoms with van der Waals surface area (Å²) in [6, 6.07) is 10.9. The number of aromatic nitrogens is 2. The molecule has 0 unspecified atom stereocenters. The molecule has 0 saturated heterocycles. The molecule has 0 aliphatic rings. The summed E-state index contributed by atoms with van der Waals surface area (Å²) in [5.41, 5.74) is 0.415. The van der Waals surface area contributed by atoms with Crippen LogP contribution in [-0.2, 0) is 6.54 Å². The maximum absolute atomic E-state index is 12.2. The Kier molecular flexibility index (Phi) is 5.25. The Hall–Kier alpha value is -2.83. The molecule has 132 valence electrons. The number of aromatic amines is 1. The van der Waals surface area contributed by atoms with E-state index in [-0.39, 0.29) is 17.7 Å². The molecule has 2 heterocycles. The zero-order valence-corrected chi connectivity index (χ0v) is 14.8. The topological polar surface area (TPSA) is 84.0 Å². The fraction of sp³-hybridized carbons (Fsp3) is 0.0556. The molecule has 3 rings (SSSR count). The summed E-state index contributed by atoms with van der Waals surface area (Å²) in [5.74, 6) is -0.563. The van der Waals surface area contributed by atoms with E-state index in [2.05, 4.69) is 10.3 Å². The molecule has 0 bridgehead atoms. The number of H-pyrrole nitrogens is 1. The van der Waals surface area contributed by atoms with E-state index in [1.54, 1.807) is 24.3 Å². The summed E-state index contributed by atoms with van der Waals surface area (Å²) in [5, 5.41) is 3.43. The first-order chi connectivity index (χ1) is 12.4. The van der Waals surface area contributed by atoms with Crippen molar-refractivity contribution < 1.29 is 4.79 Å². The number of benzene rings is 1. The third-order valence-corrected chi connectivity index (χ3v) is 4.38. The highest BCUT2D eigenvalue weighted by atomic mass is 35.5. The number of rotatable bonds is 4. The van der Waals surface area contributed by atoms with Gasteiger partial charge in [0, 0.05) is 18.5 Å². The average molecular weight is 390 g/mol. The summed E-state index contributed by atoms with van der Waals surface area (Å²) in [6.07, 6.45) is 2.94. The lowest BCUT2D eigenvalue weighted by molar-refractivity contribution is 0.102. The SMILES string of the molecule is O=C(Nc1ccc(=O)n(Cc2ccc(Cl)c(Cl)c2)c1)c1ccc[nH]c1=O. The third kappa shape index (κ3) is 4.04. The van der Waals surface area contributed by atoms with Gasteiger partial charge in [-0.05, 0) is 35.9 Å². The number of amides is 1. The van der Waals surface area contributed by atoms with E-state index >= 15 is 0 Å². The highest BCUT2D eigenvalue weighted by molar-refractivity contribution is 6.42. The molecule has 2 N–H and O–H groups in total. The number of anilines is 1. The molecule has 0 aliphatic heterocycles. The van der Waals surface area contributed by atoms with E-state index in [1.165, 1.54) is 35.2 Å². The predicted octanol–water partition coefficient (Wildman–Crippen LogP) is 3.14. The van der Waals surface area contributed by atoms with Crippen LogP contribution in [0.15, 0.2) is 64.4 Å². The van der Waals surface area contributed by atoms with Gasteiger partial charge in [-0.25, -0.2) is 0 Å². The van der Waals surface area contributed by atoms with E-state index in [9.17, 15) is 14.4 Å². The molecular formula is C18H13Cl2N3O3. The van der Waals surface area contributed by atoms with Crippen molar-refractivity contribution in [2.75, 3.05) is 5.32 Å². The van der Waals surface area contributed by atoms with Gasteiger partial charge in [-0.15, -0.1) is 0 Å². The normalized spacial score (nSPS) is 10.5. The van der Waals surface area contributed by atoms with Crippen molar-refractivity contribution >= 4 is 34.8 Å². The number of nitrogens with one attached hydrogen (secondary N) is 2. The fourth-order valence-corrected chi connectivity index (χ4v) is 2.68. The number of carbonyl (C=O) groups excluding carboxylic acids is 1. The molecule has 0 atom stereocenters. The van der Waals surface area contributed by atoms with Gasteiger partial charge in [-0.1, -0.05) is 29.3 Å². The molecule has 1 aromatic carbocycles. The third-order valence-electron chi connectivity index (χ3n) is 3.64. The molecule has 0 radical (unpaired) electrons. The molecule has 0 aliphatic carbocycles. The molecule has 26 heavy (non-hydrogen) atoms. The van der Waals surface area contributed by atoms with Crippen LogP contribution in [0.1, 0.15) is 15.9 Å². The van der Waals surface area contributed by atoms with Gasteiger partial charge in [0.1, 0.15) is 5.56 Å². The molecule has 0 spiro atoms. The van der Waals surface area contributed by atoms with Gasteiger partial charge in [-0.3, -0.25) is 14.4 Å². The van der Waals surface area contributed by atoms with E-state index in [0.717, 1.165) is 5.56 Å². The number of nitrogens with zero attached hydrogens (tertiary/aromatic N) is 1. The van der Waals surface area contributed by atoms with Crippen LogP contribution >= 0.6 is 23.2 Å². The van der Waals surface area contributed by atoms with Crippen molar-refractivity contribution in [2.24, 2.45) is 0 Å². The van der Waals surface area contributed by atoms with Gasteiger partial charge in [0.25, 0.3) is 17.0 Å². The van der Waals surface area contributed by atoms with Crippen LogP contribution < -0.4 is 16.4 Å². The highest BCUT2D eigenvalue weighted by Crippen LogP contribution is 2.23. The molecule has 1 amide bonds. The minimum absolute atomic E-state index is 0.0188. The highest BCUT2D eigenvalue weighted by Gasteiger charge is 2.11. The zero-order valence-electron chi connectivity index (χ0n) is 13.3. The molecule has 2 aromatic heterocycles. The fourth-order valence-electron chi connectivity index (χ4n) is 2.36. The van der Waals surface area contributed by atoms with Crippen LogP contribution in [-0.4, -0.2) is 15.5 Å². The van der Waals surface area contributed by atoms with E-state index < -0.39 is 11.5 Å². The average Bonchev–Trinajstić information content (AvgIpc) is 2.61. The van der Waals surface area contributed by atoms with Crippen molar-refractivity contribution in [3.63, 3.8) is 0 Å². The van der Waals surface area contributed by atoms with E-state index in [4.69, 9.17) is 23.2 Å². The maximum Gasteiger partial charge on any atom is 0.261 e. The Morgan fingerprint density at radius 3 is 2.62 bits per heavy atom. The molecule has 3 aromatic rings. The van der Waals surface area contributed by atoms with Gasteiger partial charge >= 0.3 is 0 Å². The zero-order chi connectivity index (χ0) is 18.7. The first-order valence-electron chi connectivity index (χ1n) is 7.57. The van der Waals surface area contributed by atoms with Crippen molar-refractivity contribution in [1.82, 2.24) is 9.55 Å². The van der Waals surface area contributed by atoms with Gasteiger partial charge in [0.2, 0.25) is 0 Å². The molecule has 8 heteroatoms. The lowest BCUT2D eigenvalue weighted by atomic mass is 10.2. The van der Waals surface area contributed by atoms with Crippen molar-refractivity contribution in [1.29, 1.82) is 0 Å². The Balaban J connectivity index is 1.84. The Morgan fingerprint density at radius 1 is 1.08 bits per heavy atom. The smallest absolute Gasteiger partial charge is 0.261 e. The van der Waals surface area contributed by atoms with Crippen LogP contribution in [0.4, 0.5) is 5.69 Å². The minimum Gasteiger partial charge on any atom is -0.328 e. The molecular weight excluding hydrogens is 377 g/mol. The van der Waals surface area contributed by atoms with Gasteiger partial charge < -0.3 is 14.9 Å². The van der Waals surface area contributed by atoms with E-state index in [0.29, 0.717) is 15.7 Å². The summed E-state index contributed by atoms with van der Waals surface area (Å²) in [4.78, 5) is 38.4. The second-order valence-electron chi connectivity index (χ2n) is 5.50. The lowest BCUT2D eigenvalue weighted by Gasteiger charge is -2.10. The van der Waals surface area contributed by atoms with E-state index in [1.807, 2.05) is 0 Å². The second-order valence-corrected chi connectivity index (χ2v) is 6.31. The number of carbonyl (C=O) groups is 1. The van der Waals surface area contributed by atoms with Crippen molar-refractivity contribution in [3.8, 4) is 0 Å². The number of pyridine rings is 2. The van der Waals surface area contributed by atoms with Gasteiger partial charge in [0.05, 0.1) is 22.3 Å². The number of hydrogen-bond acceptors (Lipinski definition) is 3. The molecule has 6 nitrogen and oxygen atoms in total. The molecule has 0 fully saturated rings. The standard InChI is InChI=1S/C18H13Cl2N3O3/c19-14-5-3-11(8-15(14)20)9-23-10-12(4-6-16(23)24)22-18(26)13-2-1-7-21-17(13)25/h1-8,10H,9H2,(H,21,25)(H,22,26). The maximum atomic E-state index is 12.2. The van der Waals surface area contributed by atoms with Gasteiger partial charge in [-0.2, -0.15) is 0 Å². The first kappa shape index (κ1) is 18.0. The summed E-state index contributed by atoms with van der Waals surface area (Å²) < 4.78 is 1.42. The predicted molar refractivity (Wildman–Crippen MR) is 101 cm³/mol. The summed E-state index contributed by atoms with van der Waals surface area (Å²) in [6.45, 7) is 0.255. The van der Waals surface area contributed by atoms with Crippen LogP contribution in [0.2, 0.25) is 10.0 Å². The number of halogens is 2. The Morgan fingerprint density at radius 2 is 1.88 bits per heavy atom. The van der Waals surface area contributed by atoms with Crippen molar-refractivity contribution in [3.05, 3.63) is 96.7 Å². The minimum atomic E-state index is -0.563. The number of hydrogen-bond donors (Lipinski definition) is 2. The van der Waals surface area contributed by atoms with Crippen molar-refractivity contribution in [2.45, 2.75) is 6.54 Å². The van der Waals surface area contributed by atoms with Crippen LogP contribution in [0, 0.1) is 0 Å². The van der Waals surface area contributed by atoms with Gasteiger partial charge in [0.15, 0.2) is 0 Å². The summed E-state index contributed by atoms with van der Waals surface area (Å²) in [7, 11) is 0. The first-order valence-corrected chi connectivity index (χ1v) is 8.33. The van der Waals surface area contributed by atoms with Crippen LogP contribution in [0.5, 0.6) is 0 Å². The largest absolute Gasteiger partial charge is 0.328 e. The molecule has 0 saturated carbocycles. The lowest BCUT2D eigenvalue weighted by Crippen LogP contribution is -2.24. The quantitative estimate of drug-likeness (QED) is 0.718. The Labute approximate surface area is 158 Å². The monoisotopic (exact) mass is 389 g/mol. The second kappa shape index (κ2) is 7.59. The van der Waals surface area contributed by atoms with Crippen LogP contribution in [0.25, 0.3) is 0 Å².